The van der Waals surface area contributed by atoms with E-state index in [4.69, 9.17) is 10.2 Å². The average Bonchev–Trinajstić information content (AvgIpc) is 2.42. The number of ether oxygens (including phenoxy) is 1. The van der Waals surface area contributed by atoms with Gasteiger partial charge in [0.15, 0.2) is 6.10 Å². The van der Waals surface area contributed by atoms with E-state index in [1.807, 2.05) is 0 Å². The molecule has 2 atom stereocenters. The van der Waals surface area contributed by atoms with Crippen molar-refractivity contribution in [2.75, 3.05) is 6.61 Å². The first kappa shape index (κ1) is 9.39. The van der Waals surface area contributed by atoms with Crippen molar-refractivity contribution in [2.45, 2.75) is 12.2 Å². The molecule has 0 aromatic heterocycles. The first-order chi connectivity index (χ1) is 3.75. The molecule has 0 radical (unpaired) electrons. The molecule has 1 aliphatic heterocycles. The molecular weight excluding hydrogens is 135 g/mol. The van der Waals surface area contributed by atoms with Crippen molar-refractivity contribution in [3.63, 3.8) is 0 Å². The molecule has 9 heavy (non-hydrogen) atoms. The molecule has 0 aliphatic carbocycles. The van der Waals surface area contributed by atoms with E-state index in [-0.39, 0.29) is 36.2 Å². The number of epoxide rings is 1. The van der Waals surface area contributed by atoms with E-state index in [0.717, 1.165) is 0 Å². The number of hydrogen-bond acceptors (Lipinski definition) is 3. The van der Waals surface area contributed by atoms with Gasteiger partial charge in [0.05, 0.1) is 6.61 Å². The summed E-state index contributed by atoms with van der Waals surface area (Å²) in [6, 6.07) is 0. The first-order valence-corrected chi connectivity index (χ1v) is 2.25. The zero-order valence-electron chi connectivity index (χ0n) is 4.07. The van der Waals surface area contributed by atoms with Gasteiger partial charge < -0.3 is 14.9 Å². The van der Waals surface area contributed by atoms with Gasteiger partial charge in [-0.05, 0) is 0 Å². The number of rotatable bonds is 2. The zero-order chi connectivity index (χ0) is 6.15. The van der Waals surface area contributed by atoms with Crippen LogP contribution in [-0.2, 0) is 9.53 Å². The van der Waals surface area contributed by atoms with Gasteiger partial charge in [-0.1, -0.05) is 0 Å². The summed E-state index contributed by atoms with van der Waals surface area (Å²) in [4.78, 5) is 9.89. The van der Waals surface area contributed by atoms with Crippen molar-refractivity contribution in [3.8, 4) is 0 Å². The number of carboxylic acid groups (broad SMARTS) is 1. The summed E-state index contributed by atoms with van der Waals surface area (Å²) in [5.41, 5.74) is 0. The van der Waals surface area contributed by atoms with Gasteiger partial charge in [0, 0.05) is 0 Å². The molecule has 0 bridgehead atoms. The summed E-state index contributed by atoms with van der Waals surface area (Å²) < 4.78 is 4.48. The van der Waals surface area contributed by atoms with Gasteiger partial charge in [0.2, 0.25) is 0 Å². The molecule has 0 unspecified atom stereocenters. The molecule has 1 aliphatic rings. The minimum absolute atomic E-state index is 0. The summed E-state index contributed by atoms with van der Waals surface area (Å²) in [7, 11) is 0. The Morgan fingerprint density at radius 2 is 2.22 bits per heavy atom. The Bertz CT molecular complexity index is 115. The van der Waals surface area contributed by atoms with Gasteiger partial charge in [-0.3, -0.25) is 0 Å². The quantitative estimate of drug-likeness (QED) is 0.352. The summed E-state index contributed by atoms with van der Waals surface area (Å²) in [6.45, 7) is -0.197. The summed E-state index contributed by atoms with van der Waals surface area (Å²) in [5.74, 6) is -0.996. The van der Waals surface area contributed by atoms with Crippen LogP contribution in [0.25, 0.3) is 0 Å². The normalized spacial score (nSPS) is 30.8. The van der Waals surface area contributed by atoms with Gasteiger partial charge in [-0.2, -0.15) is 0 Å². The Kier molecular flexibility index (Phi) is 3.68. The second kappa shape index (κ2) is 3.53. The topological polar surface area (TPSA) is 70.1 Å². The van der Waals surface area contributed by atoms with E-state index < -0.39 is 18.2 Å². The molecule has 0 aromatic carbocycles. The third-order valence-electron chi connectivity index (χ3n) is 1.01. The van der Waals surface area contributed by atoms with E-state index in [1.54, 1.807) is 0 Å². The number of aliphatic hydroxyl groups is 1. The molecule has 0 aromatic rings. The van der Waals surface area contributed by atoms with Crippen LogP contribution < -0.4 is 0 Å². The molecule has 1 rings (SSSR count). The number of carboxylic acids is 1. The van der Waals surface area contributed by atoms with E-state index in [9.17, 15) is 4.79 Å². The zero-order valence-corrected chi connectivity index (χ0v) is 4.07. The van der Waals surface area contributed by atoms with Crippen molar-refractivity contribution < 1.29 is 19.7 Å². The fraction of sp³-hybridized carbons (Fsp3) is 0.750. The van der Waals surface area contributed by atoms with Crippen LogP contribution in [0.15, 0.2) is 0 Å². The molecule has 2 N–H and O–H groups in total. The van der Waals surface area contributed by atoms with Crippen molar-refractivity contribution >= 4 is 35.5 Å². The molecule has 4 nitrogen and oxygen atoms in total. The van der Waals surface area contributed by atoms with Crippen LogP contribution in [0, 0.1) is 0 Å². The first-order valence-electron chi connectivity index (χ1n) is 2.25. The van der Waals surface area contributed by atoms with E-state index in [1.165, 1.54) is 0 Å². The molecular formula is C4H7NaO4. The van der Waals surface area contributed by atoms with Gasteiger partial charge in [-0.15, -0.1) is 0 Å². The molecule has 5 heteroatoms. The molecule has 1 saturated heterocycles. The van der Waals surface area contributed by atoms with Crippen LogP contribution in [0.4, 0.5) is 0 Å². The van der Waals surface area contributed by atoms with Crippen LogP contribution in [-0.4, -0.2) is 64.6 Å². The molecule has 1 fully saturated rings. The third kappa shape index (κ3) is 2.23. The summed E-state index contributed by atoms with van der Waals surface area (Å²) in [6.07, 6.45) is -1.20. The number of aliphatic hydroxyl groups excluding tert-OH is 1. The Morgan fingerprint density at radius 3 is 2.33 bits per heavy atom. The number of carbonyl (C=O) groups is 1. The molecule has 0 amide bonds. The number of aliphatic carboxylic acids is 1. The van der Waals surface area contributed by atoms with Crippen LogP contribution in [0.2, 0.25) is 0 Å². The van der Waals surface area contributed by atoms with Crippen LogP contribution in [0.3, 0.4) is 0 Å². The van der Waals surface area contributed by atoms with Crippen molar-refractivity contribution in [3.05, 3.63) is 0 Å². The van der Waals surface area contributed by atoms with Gasteiger partial charge >= 0.3 is 35.5 Å². The van der Waals surface area contributed by atoms with Crippen LogP contribution in [0.1, 0.15) is 0 Å². The molecule has 0 saturated carbocycles. The van der Waals surface area contributed by atoms with Gasteiger partial charge in [0.25, 0.3) is 0 Å². The standard InChI is InChI=1S/C4H6O4.Na.H/c5-1-2-3(8-2)4(6)7;;/h2-3,5H,1H2,(H,6,7);;/t2-,3-;;/m0../s1. The number of hydrogen-bond donors (Lipinski definition) is 2. The predicted molar refractivity (Wildman–Crippen MR) is 30.5 cm³/mol. The van der Waals surface area contributed by atoms with Crippen LogP contribution in [0.5, 0.6) is 0 Å². The maximum absolute atomic E-state index is 9.89. The van der Waals surface area contributed by atoms with Crippen molar-refractivity contribution in [1.82, 2.24) is 0 Å². The van der Waals surface area contributed by atoms with E-state index in [0.29, 0.717) is 0 Å². The SMILES string of the molecule is O=C(O)[C@H]1O[C@H]1CO.[NaH]. The fourth-order valence-corrected chi connectivity index (χ4v) is 0.499. The Morgan fingerprint density at radius 1 is 1.67 bits per heavy atom. The maximum atomic E-state index is 9.89. The predicted octanol–water partition coefficient (Wildman–Crippen LogP) is -1.82. The Labute approximate surface area is 74.1 Å². The Hall–Kier alpha value is 0.390. The van der Waals surface area contributed by atoms with E-state index in [2.05, 4.69) is 4.74 Å². The second-order valence-corrected chi connectivity index (χ2v) is 1.62. The van der Waals surface area contributed by atoms with Crippen molar-refractivity contribution in [1.29, 1.82) is 0 Å². The van der Waals surface area contributed by atoms with Gasteiger partial charge in [-0.25, -0.2) is 4.79 Å². The molecule has 48 valence electrons. The average molecular weight is 142 g/mol. The van der Waals surface area contributed by atoms with Gasteiger partial charge in [0.1, 0.15) is 6.10 Å². The Balaban J connectivity index is 0.000000640. The second-order valence-electron chi connectivity index (χ2n) is 1.62. The molecule has 1 heterocycles. The fourth-order valence-electron chi connectivity index (χ4n) is 0.499. The monoisotopic (exact) mass is 142 g/mol. The summed E-state index contributed by atoms with van der Waals surface area (Å²) in [5, 5.41) is 16.4. The summed E-state index contributed by atoms with van der Waals surface area (Å²) >= 11 is 0. The van der Waals surface area contributed by atoms with Crippen LogP contribution >= 0.6 is 0 Å². The molecule has 0 spiro atoms. The minimum atomic E-state index is -0.996. The van der Waals surface area contributed by atoms with Crippen molar-refractivity contribution in [2.24, 2.45) is 0 Å². The third-order valence-corrected chi connectivity index (χ3v) is 1.01. The van der Waals surface area contributed by atoms with E-state index >= 15 is 0 Å².